The van der Waals surface area contributed by atoms with Crippen molar-refractivity contribution >= 4 is 33.2 Å². The summed E-state index contributed by atoms with van der Waals surface area (Å²) < 4.78 is 37.4. The van der Waals surface area contributed by atoms with Crippen LogP contribution in [0.15, 0.2) is 42.5 Å². The summed E-state index contributed by atoms with van der Waals surface area (Å²) in [6.45, 7) is 0.680. The number of piperidine rings is 1. The van der Waals surface area contributed by atoms with Crippen molar-refractivity contribution in [3.05, 3.63) is 53.1 Å². The van der Waals surface area contributed by atoms with E-state index in [1.54, 1.807) is 12.1 Å². The fourth-order valence-electron chi connectivity index (χ4n) is 3.82. The molecule has 1 heterocycles. The Bertz CT molecular complexity index is 1020. The smallest absolute Gasteiger partial charge is 0.227 e. The molecule has 1 fully saturated rings. The van der Waals surface area contributed by atoms with Gasteiger partial charge in [-0.05, 0) is 31.2 Å². The maximum absolute atomic E-state index is 12.8. The van der Waals surface area contributed by atoms with Crippen molar-refractivity contribution in [2.75, 3.05) is 38.4 Å². The normalized spacial score (nSPS) is 15.3. The topological polar surface area (TPSA) is 84.9 Å². The van der Waals surface area contributed by atoms with Crippen molar-refractivity contribution < 1.29 is 22.7 Å². The summed E-state index contributed by atoms with van der Waals surface area (Å²) in [5, 5.41) is 3.25. The molecule has 2 aromatic carbocycles. The van der Waals surface area contributed by atoms with E-state index >= 15 is 0 Å². The molecule has 0 aliphatic carbocycles. The second kappa shape index (κ2) is 11.0. The number of aryl methyl sites for hydroxylation is 1. The first-order valence-corrected chi connectivity index (χ1v) is 12.6. The highest BCUT2D eigenvalue weighted by atomic mass is 35.5. The van der Waals surface area contributed by atoms with Gasteiger partial charge in [-0.2, -0.15) is 0 Å². The zero-order valence-corrected chi connectivity index (χ0v) is 19.9. The van der Waals surface area contributed by atoms with Gasteiger partial charge >= 0.3 is 0 Å². The van der Waals surface area contributed by atoms with E-state index in [-0.39, 0.29) is 17.6 Å². The fraction of sp³-hybridized carbons (Fsp3) is 0.435. The maximum atomic E-state index is 12.8. The first-order chi connectivity index (χ1) is 15.3. The van der Waals surface area contributed by atoms with Gasteiger partial charge in [0.05, 0.1) is 30.7 Å². The molecule has 32 heavy (non-hydrogen) atoms. The number of nitrogens with zero attached hydrogens (tertiary/aromatic N) is 1. The number of halogens is 1. The Labute approximate surface area is 194 Å². The molecule has 0 bridgehead atoms. The second-order valence-electron chi connectivity index (χ2n) is 7.75. The van der Waals surface area contributed by atoms with E-state index in [1.807, 2.05) is 30.3 Å². The minimum atomic E-state index is -3.34. The minimum Gasteiger partial charge on any atom is -0.495 e. The Balaban J connectivity index is 1.53. The van der Waals surface area contributed by atoms with Crippen LogP contribution in [0.25, 0.3) is 0 Å². The van der Waals surface area contributed by atoms with Crippen LogP contribution in [0.3, 0.4) is 0 Å². The van der Waals surface area contributed by atoms with Crippen LogP contribution in [-0.4, -0.2) is 51.7 Å². The summed E-state index contributed by atoms with van der Waals surface area (Å²) in [4.78, 5) is 12.8. The predicted molar refractivity (Wildman–Crippen MR) is 126 cm³/mol. The Kier molecular flexibility index (Phi) is 8.39. The number of sulfonamides is 1. The summed E-state index contributed by atoms with van der Waals surface area (Å²) in [5.41, 5.74) is 1.60. The molecular weight excluding hydrogens is 452 g/mol. The lowest BCUT2D eigenvalue weighted by Gasteiger charge is -2.30. The lowest BCUT2D eigenvalue weighted by Crippen LogP contribution is -2.42. The molecule has 0 radical (unpaired) electrons. The third-order valence-corrected chi connectivity index (χ3v) is 7.91. The Morgan fingerprint density at radius 3 is 2.38 bits per heavy atom. The highest BCUT2D eigenvalue weighted by molar-refractivity contribution is 7.89. The number of rotatable bonds is 9. The van der Waals surface area contributed by atoms with Crippen molar-refractivity contribution in [3.63, 3.8) is 0 Å². The number of methoxy groups -OCH3 is 2. The average Bonchev–Trinajstić information content (AvgIpc) is 2.80. The van der Waals surface area contributed by atoms with Crippen LogP contribution in [0.2, 0.25) is 5.02 Å². The summed E-state index contributed by atoms with van der Waals surface area (Å²) in [6, 6.07) is 13.1. The van der Waals surface area contributed by atoms with Crippen molar-refractivity contribution in [1.29, 1.82) is 0 Å². The van der Waals surface area contributed by atoms with Crippen LogP contribution in [0, 0.1) is 5.92 Å². The molecular formula is C23H29ClN2O5S. The van der Waals surface area contributed by atoms with E-state index in [0.717, 1.165) is 12.0 Å². The van der Waals surface area contributed by atoms with Gasteiger partial charge in [-0.3, -0.25) is 4.79 Å². The molecule has 174 valence electrons. The second-order valence-corrected chi connectivity index (χ2v) is 10.3. The predicted octanol–water partition coefficient (Wildman–Crippen LogP) is 3.97. The van der Waals surface area contributed by atoms with Gasteiger partial charge in [0, 0.05) is 31.1 Å². The zero-order chi connectivity index (χ0) is 23.1. The Morgan fingerprint density at radius 2 is 1.75 bits per heavy atom. The molecule has 3 rings (SSSR count). The monoisotopic (exact) mass is 480 g/mol. The van der Waals surface area contributed by atoms with Gasteiger partial charge in [-0.25, -0.2) is 12.7 Å². The lowest BCUT2D eigenvalue weighted by molar-refractivity contribution is -0.120. The first-order valence-electron chi connectivity index (χ1n) is 10.6. The van der Waals surface area contributed by atoms with E-state index in [2.05, 4.69) is 5.32 Å². The molecule has 7 nitrogen and oxygen atoms in total. The molecule has 0 saturated carbocycles. The summed E-state index contributed by atoms with van der Waals surface area (Å²) >= 11 is 6.12. The van der Waals surface area contributed by atoms with E-state index < -0.39 is 10.0 Å². The number of nitrogens with one attached hydrogen (secondary N) is 1. The molecule has 1 aliphatic rings. The molecule has 1 amide bonds. The van der Waals surface area contributed by atoms with Crippen molar-refractivity contribution in [1.82, 2.24) is 4.31 Å². The Hall–Kier alpha value is -2.29. The van der Waals surface area contributed by atoms with Crippen molar-refractivity contribution in [2.45, 2.75) is 25.7 Å². The highest BCUT2D eigenvalue weighted by Gasteiger charge is 2.31. The van der Waals surface area contributed by atoms with Crippen LogP contribution < -0.4 is 14.8 Å². The minimum absolute atomic E-state index is 0.112. The number of hydrogen-bond acceptors (Lipinski definition) is 5. The van der Waals surface area contributed by atoms with Gasteiger partial charge in [-0.1, -0.05) is 41.9 Å². The van der Waals surface area contributed by atoms with Gasteiger partial charge in [0.25, 0.3) is 0 Å². The fourth-order valence-corrected chi connectivity index (χ4v) is 5.59. The Morgan fingerprint density at radius 1 is 1.09 bits per heavy atom. The lowest BCUT2D eigenvalue weighted by atomic mass is 9.97. The number of benzene rings is 2. The third-order valence-electron chi connectivity index (χ3n) is 5.66. The number of amides is 1. The highest BCUT2D eigenvalue weighted by Crippen LogP contribution is 2.36. The molecule has 0 aromatic heterocycles. The molecule has 2 aromatic rings. The first kappa shape index (κ1) is 24.4. The molecule has 1 N–H and O–H groups in total. The van der Waals surface area contributed by atoms with Gasteiger partial charge in [0.1, 0.15) is 11.5 Å². The SMILES string of the molecule is COc1cc(NC(=O)C2CCN(S(=O)(=O)CCCc3ccccc3)CC2)c(OC)cc1Cl. The number of carbonyl (C=O) groups excluding carboxylic acids is 1. The van der Waals surface area contributed by atoms with Gasteiger partial charge < -0.3 is 14.8 Å². The molecule has 0 unspecified atom stereocenters. The number of hydrogen-bond donors (Lipinski definition) is 1. The van der Waals surface area contributed by atoms with E-state index in [4.69, 9.17) is 21.1 Å². The summed E-state index contributed by atoms with van der Waals surface area (Å²) in [5.74, 6) is 0.522. The average molecular weight is 481 g/mol. The quantitative estimate of drug-likeness (QED) is 0.587. The van der Waals surface area contributed by atoms with Crippen LogP contribution in [-0.2, 0) is 21.2 Å². The van der Waals surface area contributed by atoms with Crippen LogP contribution in [0.4, 0.5) is 5.69 Å². The van der Waals surface area contributed by atoms with E-state index in [9.17, 15) is 13.2 Å². The van der Waals surface area contributed by atoms with Gasteiger partial charge in [-0.15, -0.1) is 0 Å². The standard InChI is InChI=1S/C23H29ClN2O5S/c1-30-21-16-20(22(31-2)15-19(21)24)25-23(27)18-10-12-26(13-11-18)32(28,29)14-6-9-17-7-4-3-5-8-17/h3-5,7-8,15-16,18H,6,9-14H2,1-2H3,(H,25,27). The van der Waals surface area contributed by atoms with Gasteiger partial charge in [0.2, 0.25) is 15.9 Å². The zero-order valence-electron chi connectivity index (χ0n) is 18.3. The van der Waals surface area contributed by atoms with E-state index in [0.29, 0.717) is 54.6 Å². The molecule has 9 heteroatoms. The third kappa shape index (κ3) is 6.15. The van der Waals surface area contributed by atoms with Crippen LogP contribution in [0.5, 0.6) is 11.5 Å². The van der Waals surface area contributed by atoms with E-state index in [1.165, 1.54) is 18.5 Å². The van der Waals surface area contributed by atoms with Crippen LogP contribution in [0.1, 0.15) is 24.8 Å². The molecule has 0 atom stereocenters. The largest absolute Gasteiger partial charge is 0.495 e. The van der Waals surface area contributed by atoms with Crippen LogP contribution >= 0.6 is 11.6 Å². The van der Waals surface area contributed by atoms with Crippen molar-refractivity contribution in [2.24, 2.45) is 5.92 Å². The number of carbonyl (C=O) groups is 1. The van der Waals surface area contributed by atoms with Crippen molar-refractivity contribution in [3.8, 4) is 11.5 Å². The maximum Gasteiger partial charge on any atom is 0.227 e. The summed E-state index contributed by atoms with van der Waals surface area (Å²) in [6.07, 6.45) is 2.24. The van der Waals surface area contributed by atoms with Gasteiger partial charge in [0.15, 0.2) is 0 Å². The number of ether oxygens (including phenoxy) is 2. The molecule has 0 spiro atoms. The summed E-state index contributed by atoms with van der Waals surface area (Å²) in [7, 11) is -0.345. The molecule has 1 aliphatic heterocycles. The molecule has 1 saturated heterocycles. The number of anilines is 1.